The van der Waals surface area contributed by atoms with Gasteiger partial charge in [0.1, 0.15) is 0 Å². The molecule has 0 aliphatic heterocycles. The fourth-order valence-electron chi connectivity index (χ4n) is 2.04. The molecule has 20 heavy (non-hydrogen) atoms. The van der Waals surface area contributed by atoms with Gasteiger partial charge >= 0.3 is 0 Å². The standard InChI is InChI=1S/C17H17NO2/c1-12(19)16-11-14(18(2)3)9-10-15(16)17(20)13-7-5-4-6-8-13/h4-11H,1-3H3. The lowest BCUT2D eigenvalue weighted by Gasteiger charge is -2.15. The molecule has 2 aromatic carbocycles. The molecular weight excluding hydrogens is 250 g/mol. The van der Waals surface area contributed by atoms with Crippen LogP contribution in [-0.4, -0.2) is 25.7 Å². The van der Waals surface area contributed by atoms with Gasteiger partial charge in [0, 0.05) is 36.5 Å². The van der Waals surface area contributed by atoms with Crippen LogP contribution in [0.2, 0.25) is 0 Å². The fraction of sp³-hybridized carbons (Fsp3) is 0.176. The number of rotatable bonds is 4. The molecule has 3 nitrogen and oxygen atoms in total. The summed E-state index contributed by atoms with van der Waals surface area (Å²) < 4.78 is 0. The normalized spacial score (nSPS) is 10.2. The Balaban J connectivity index is 2.51. The van der Waals surface area contributed by atoms with E-state index in [9.17, 15) is 9.59 Å². The highest BCUT2D eigenvalue weighted by Crippen LogP contribution is 2.21. The predicted molar refractivity (Wildman–Crippen MR) is 80.6 cm³/mol. The maximum Gasteiger partial charge on any atom is 0.193 e. The van der Waals surface area contributed by atoms with Gasteiger partial charge in [-0.15, -0.1) is 0 Å². The van der Waals surface area contributed by atoms with Crippen molar-refractivity contribution in [3.05, 3.63) is 65.2 Å². The summed E-state index contributed by atoms with van der Waals surface area (Å²) in [6, 6.07) is 14.3. The lowest BCUT2D eigenvalue weighted by Crippen LogP contribution is -2.13. The van der Waals surface area contributed by atoms with E-state index in [4.69, 9.17) is 0 Å². The fourth-order valence-corrected chi connectivity index (χ4v) is 2.04. The minimum absolute atomic E-state index is 0.104. The third-order valence-corrected chi connectivity index (χ3v) is 3.18. The zero-order valence-corrected chi connectivity index (χ0v) is 11.9. The van der Waals surface area contributed by atoms with Crippen LogP contribution in [0, 0.1) is 0 Å². The topological polar surface area (TPSA) is 37.4 Å². The van der Waals surface area contributed by atoms with E-state index in [0.29, 0.717) is 16.7 Å². The molecule has 3 heteroatoms. The van der Waals surface area contributed by atoms with Gasteiger partial charge in [-0.25, -0.2) is 0 Å². The van der Waals surface area contributed by atoms with Crippen molar-refractivity contribution in [2.24, 2.45) is 0 Å². The number of benzene rings is 2. The highest BCUT2D eigenvalue weighted by Gasteiger charge is 2.17. The van der Waals surface area contributed by atoms with Crippen molar-refractivity contribution in [1.29, 1.82) is 0 Å². The van der Waals surface area contributed by atoms with Crippen molar-refractivity contribution in [3.63, 3.8) is 0 Å². The predicted octanol–water partition coefficient (Wildman–Crippen LogP) is 3.19. The molecule has 0 radical (unpaired) electrons. The molecule has 2 rings (SSSR count). The second kappa shape index (κ2) is 5.70. The van der Waals surface area contributed by atoms with E-state index in [1.807, 2.05) is 43.3 Å². The molecular formula is C17H17NO2. The Labute approximate surface area is 118 Å². The van der Waals surface area contributed by atoms with E-state index in [0.717, 1.165) is 5.69 Å². The van der Waals surface area contributed by atoms with Gasteiger partial charge in [0.2, 0.25) is 0 Å². The van der Waals surface area contributed by atoms with E-state index in [1.54, 1.807) is 24.3 Å². The summed E-state index contributed by atoms with van der Waals surface area (Å²) in [6.45, 7) is 1.48. The van der Waals surface area contributed by atoms with Gasteiger partial charge in [-0.2, -0.15) is 0 Å². The van der Waals surface area contributed by atoms with Crippen LogP contribution >= 0.6 is 0 Å². The third kappa shape index (κ3) is 2.77. The first-order valence-electron chi connectivity index (χ1n) is 6.42. The zero-order valence-electron chi connectivity index (χ0n) is 11.9. The molecule has 0 heterocycles. The first-order chi connectivity index (χ1) is 9.50. The molecule has 0 aliphatic rings. The van der Waals surface area contributed by atoms with E-state index in [-0.39, 0.29) is 11.6 Å². The minimum atomic E-state index is -0.124. The lowest BCUT2D eigenvalue weighted by atomic mass is 9.96. The van der Waals surface area contributed by atoms with Crippen LogP contribution < -0.4 is 4.90 Å². The molecule has 0 atom stereocenters. The molecule has 0 amide bonds. The molecule has 0 aliphatic carbocycles. The van der Waals surface area contributed by atoms with Crippen LogP contribution in [0.25, 0.3) is 0 Å². The van der Waals surface area contributed by atoms with Crippen molar-refractivity contribution in [2.75, 3.05) is 19.0 Å². The molecule has 102 valence electrons. The first-order valence-corrected chi connectivity index (χ1v) is 6.42. The Kier molecular flexibility index (Phi) is 3.99. The number of ketones is 2. The molecule has 0 fully saturated rings. The van der Waals surface area contributed by atoms with Crippen LogP contribution in [0.15, 0.2) is 48.5 Å². The van der Waals surface area contributed by atoms with Gasteiger partial charge in [-0.1, -0.05) is 30.3 Å². The molecule has 0 saturated heterocycles. The highest BCUT2D eigenvalue weighted by molar-refractivity contribution is 6.15. The molecule has 0 unspecified atom stereocenters. The monoisotopic (exact) mass is 267 g/mol. The van der Waals surface area contributed by atoms with E-state index in [2.05, 4.69) is 0 Å². The Morgan fingerprint density at radius 2 is 1.55 bits per heavy atom. The Morgan fingerprint density at radius 3 is 2.10 bits per heavy atom. The average Bonchev–Trinajstić information content (AvgIpc) is 2.46. The van der Waals surface area contributed by atoms with Gasteiger partial charge in [-0.3, -0.25) is 9.59 Å². The number of nitrogens with zero attached hydrogens (tertiary/aromatic N) is 1. The van der Waals surface area contributed by atoms with Gasteiger partial charge in [0.15, 0.2) is 11.6 Å². The summed E-state index contributed by atoms with van der Waals surface area (Å²) in [5, 5.41) is 0. The summed E-state index contributed by atoms with van der Waals surface area (Å²) in [5.41, 5.74) is 2.41. The Bertz CT molecular complexity index is 645. The van der Waals surface area contributed by atoms with Crippen molar-refractivity contribution in [1.82, 2.24) is 0 Å². The SMILES string of the molecule is CC(=O)c1cc(N(C)C)ccc1C(=O)c1ccccc1. The summed E-state index contributed by atoms with van der Waals surface area (Å²) in [4.78, 5) is 26.2. The van der Waals surface area contributed by atoms with Crippen molar-refractivity contribution < 1.29 is 9.59 Å². The number of anilines is 1. The number of hydrogen-bond acceptors (Lipinski definition) is 3. The Hall–Kier alpha value is -2.42. The minimum Gasteiger partial charge on any atom is -0.378 e. The van der Waals surface area contributed by atoms with Gasteiger partial charge < -0.3 is 4.90 Å². The molecule has 0 bridgehead atoms. The number of carbonyl (C=O) groups excluding carboxylic acids is 2. The second-order valence-corrected chi connectivity index (χ2v) is 4.88. The third-order valence-electron chi connectivity index (χ3n) is 3.18. The average molecular weight is 267 g/mol. The van der Waals surface area contributed by atoms with Crippen LogP contribution in [0.3, 0.4) is 0 Å². The lowest BCUT2D eigenvalue weighted by molar-refractivity contribution is 0.0990. The molecule has 0 N–H and O–H groups in total. The summed E-state index contributed by atoms with van der Waals surface area (Å²) in [5.74, 6) is -0.228. The maximum atomic E-state index is 12.5. The quantitative estimate of drug-likeness (QED) is 0.798. The van der Waals surface area contributed by atoms with Crippen LogP contribution in [0.4, 0.5) is 5.69 Å². The molecule has 0 spiro atoms. The number of carbonyl (C=O) groups is 2. The first kappa shape index (κ1) is 14.0. The van der Waals surface area contributed by atoms with Crippen LogP contribution in [0.5, 0.6) is 0 Å². The van der Waals surface area contributed by atoms with Gasteiger partial charge in [0.25, 0.3) is 0 Å². The highest BCUT2D eigenvalue weighted by atomic mass is 16.1. The molecule has 0 saturated carbocycles. The van der Waals surface area contributed by atoms with Crippen molar-refractivity contribution >= 4 is 17.3 Å². The smallest absolute Gasteiger partial charge is 0.193 e. The van der Waals surface area contributed by atoms with Crippen molar-refractivity contribution in [2.45, 2.75) is 6.92 Å². The number of hydrogen-bond donors (Lipinski definition) is 0. The van der Waals surface area contributed by atoms with E-state index >= 15 is 0 Å². The largest absolute Gasteiger partial charge is 0.378 e. The summed E-state index contributed by atoms with van der Waals surface area (Å²) >= 11 is 0. The van der Waals surface area contributed by atoms with Crippen LogP contribution in [0.1, 0.15) is 33.2 Å². The molecule has 0 aromatic heterocycles. The van der Waals surface area contributed by atoms with Gasteiger partial charge in [0.05, 0.1) is 0 Å². The van der Waals surface area contributed by atoms with Gasteiger partial charge in [-0.05, 0) is 25.1 Å². The zero-order chi connectivity index (χ0) is 14.7. The van der Waals surface area contributed by atoms with E-state index in [1.165, 1.54) is 6.92 Å². The van der Waals surface area contributed by atoms with E-state index < -0.39 is 0 Å². The maximum absolute atomic E-state index is 12.5. The Morgan fingerprint density at radius 1 is 0.900 bits per heavy atom. The second-order valence-electron chi connectivity index (χ2n) is 4.88. The number of Topliss-reactive ketones (excluding diaryl/α,β-unsaturated/α-hetero) is 1. The van der Waals surface area contributed by atoms with Crippen LogP contribution in [-0.2, 0) is 0 Å². The summed E-state index contributed by atoms with van der Waals surface area (Å²) in [6.07, 6.45) is 0. The van der Waals surface area contributed by atoms with Crippen molar-refractivity contribution in [3.8, 4) is 0 Å². The molecule has 2 aromatic rings. The summed E-state index contributed by atoms with van der Waals surface area (Å²) in [7, 11) is 3.80.